The van der Waals surface area contributed by atoms with E-state index in [0.29, 0.717) is 13.0 Å². The highest BCUT2D eigenvalue weighted by Gasteiger charge is 2.22. The molecule has 1 aromatic rings. The maximum absolute atomic E-state index is 12.0. The lowest BCUT2D eigenvalue weighted by atomic mass is 10.1. The maximum atomic E-state index is 12.0. The molecule has 0 aliphatic rings. The molecular weight excluding hydrogens is 340 g/mol. The summed E-state index contributed by atoms with van der Waals surface area (Å²) < 4.78 is 26.5. The predicted octanol–water partition coefficient (Wildman–Crippen LogP) is 1.57. The van der Waals surface area contributed by atoms with Crippen LogP contribution in [0.5, 0.6) is 0 Å². The average molecular weight is 362 g/mol. The molecule has 0 saturated heterocycles. The van der Waals surface area contributed by atoms with Crippen LogP contribution in [0.1, 0.15) is 39.0 Å². The van der Waals surface area contributed by atoms with Gasteiger partial charge in [0.05, 0.1) is 6.04 Å². The van der Waals surface area contributed by atoms with Crippen LogP contribution in [0.25, 0.3) is 0 Å². The van der Waals surface area contributed by atoms with Gasteiger partial charge in [0.1, 0.15) is 4.21 Å². The van der Waals surface area contributed by atoms with Gasteiger partial charge in [-0.3, -0.25) is 9.59 Å². The van der Waals surface area contributed by atoms with Crippen LogP contribution in [0.2, 0.25) is 0 Å². The summed E-state index contributed by atoms with van der Waals surface area (Å²) in [5, 5.41) is 12.8. The van der Waals surface area contributed by atoms with E-state index in [4.69, 9.17) is 5.11 Å². The van der Waals surface area contributed by atoms with Gasteiger partial charge in [0, 0.05) is 13.0 Å². The molecule has 0 radical (unpaired) electrons. The number of sulfonamides is 1. The van der Waals surface area contributed by atoms with Gasteiger partial charge in [-0.05, 0) is 31.2 Å². The molecule has 0 aliphatic heterocycles. The molecule has 0 bridgehead atoms. The van der Waals surface area contributed by atoms with Crippen LogP contribution in [-0.4, -0.2) is 38.0 Å². The first-order chi connectivity index (χ1) is 10.8. The van der Waals surface area contributed by atoms with Crippen molar-refractivity contribution in [2.24, 2.45) is 0 Å². The summed E-state index contributed by atoms with van der Waals surface area (Å²) in [6, 6.07) is 2.26. The molecule has 1 heterocycles. The third kappa shape index (κ3) is 7.58. The van der Waals surface area contributed by atoms with Gasteiger partial charge >= 0.3 is 5.97 Å². The van der Waals surface area contributed by atoms with Crippen molar-refractivity contribution >= 4 is 33.2 Å². The van der Waals surface area contributed by atoms with Crippen LogP contribution in [0.15, 0.2) is 21.7 Å². The van der Waals surface area contributed by atoms with Gasteiger partial charge in [-0.2, -0.15) is 4.72 Å². The van der Waals surface area contributed by atoms with Crippen molar-refractivity contribution in [1.29, 1.82) is 0 Å². The van der Waals surface area contributed by atoms with Gasteiger partial charge in [0.25, 0.3) is 10.0 Å². The number of amides is 1. The van der Waals surface area contributed by atoms with Gasteiger partial charge < -0.3 is 10.4 Å². The topological polar surface area (TPSA) is 113 Å². The van der Waals surface area contributed by atoms with Crippen LogP contribution >= 0.6 is 11.3 Å². The lowest BCUT2D eigenvalue weighted by Gasteiger charge is -2.13. The molecule has 1 rings (SSSR count). The van der Waals surface area contributed by atoms with Crippen molar-refractivity contribution in [2.75, 3.05) is 6.54 Å². The second-order valence-corrected chi connectivity index (χ2v) is 8.01. The number of nitrogens with one attached hydrogen (secondary N) is 2. The summed E-state index contributed by atoms with van der Waals surface area (Å²) in [4.78, 5) is 22.2. The minimum absolute atomic E-state index is 0.161. The highest BCUT2D eigenvalue weighted by atomic mass is 32.2. The molecular formula is C14H22N2O5S2. The first kappa shape index (κ1) is 19.6. The number of hydrogen-bond acceptors (Lipinski definition) is 5. The zero-order valence-electron chi connectivity index (χ0n) is 12.9. The van der Waals surface area contributed by atoms with Crippen molar-refractivity contribution in [3.8, 4) is 0 Å². The number of carboxylic acids is 1. The maximum Gasteiger partial charge on any atom is 0.303 e. The Labute approximate surface area is 140 Å². The number of carbonyl (C=O) groups excluding carboxylic acids is 1. The Kier molecular flexibility index (Phi) is 8.21. The van der Waals surface area contributed by atoms with Crippen LogP contribution < -0.4 is 10.0 Å². The number of carbonyl (C=O) groups is 2. The Hall–Kier alpha value is -1.45. The van der Waals surface area contributed by atoms with Gasteiger partial charge in [0.15, 0.2) is 0 Å². The molecule has 9 heteroatoms. The summed E-state index contributed by atoms with van der Waals surface area (Å²) in [5.74, 6) is -1.18. The molecule has 1 unspecified atom stereocenters. The smallest absolute Gasteiger partial charge is 0.303 e. The second-order valence-electron chi connectivity index (χ2n) is 5.12. The molecule has 0 aliphatic carbocycles. The first-order valence-corrected chi connectivity index (χ1v) is 9.74. The minimum atomic E-state index is -3.66. The largest absolute Gasteiger partial charge is 0.481 e. The summed E-state index contributed by atoms with van der Waals surface area (Å²) >= 11 is 1.09. The third-order valence-corrected chi connectivity index (χ3v) is 6.04. The van der Waals surface area contributed by atoms with Crippen LogP contribution in [0.3, 0.4) is 0 Å². The summed E-state index contributed by atoms with van der Waals surface area (Å²) in [7, 11) is -3.66. The molecule has 0 spiro atoms. The quantitative estimate of drug-likeness (QED) is 0.517. The van der Waals surface area contributed by atoms with E-state index >= 15 is 0 Å². The molecule has 3 N–H and O–H groups in total. The molecule has 130 valence electrons. The number of unbranched alkanes of at least 4 members (excludes halogenated alkanes) is 3. The third-order valence-electron chi connectivity index (χ3n) is 3.10. The summed E-state index contributed by atoms with van der Waals surface area (Å²) in [6.07, 6.45) is 3.13. The summed E-state index contributed by atoms with van der Waals surface area (Å²) in [6.45, 7) is 1.93. The number of carboxylic acid groups (broad SMARTS) is 1. The second kappa shape index (κ2) is 9.64. The zero-order valence-corrected chi connectivity index (χ0v) is 14.6. The average Bonchev–Trinajstić information content (AvgIpc) is 3.00. The predicted molar refractivity (Wildman–Crippen MR) is 87.8 cm³/mol. The van der Waals surface area contributed by atoms with E-state index in [1.165, 1.54) is 13.0 Å². The van der Waals surface area contributed by atoms with Gasteiger partial charge in [0.2, 0.25) is 5.91 Å². The molecule has 0 aromatic carbocycles. The SMILES string of the molecule is CC(NS(=O)(=O)c1cccs1)C(=O)NCCCCCCC(=O)O. The Morgan fingerprint density at radius 1 is 1.26 bits per heavy atom. The van der Waals surface area contributed by atoms with Gasteiger partial charge in [-0.1, -0.05) is 18.9 Å². The van der Waals surface area contributed by atoms with Crippen molar-refractivity contribution in [3.05, 3.63) is 17.5 Å². The van der Waals surface area contributed by atoms with E-state index in [-0.39, 0.29) is 16.5 Å². The van der Waals surface area contributed by atoms with E-state index in [0.717, 1.165) is 30.6 Å². The molecule has 1 atom stereocenters. The first-order valence-electron chi connectivity index (χ1n) is 7.38. The van der Waals surface area contributed by atoms with Crippen molar-refractivity contribution in [1.82, 2.24) is 10.0 Å². The van der Waals surface area contributed by atoms with Crippen LogP contribution in [0.4, 0.5) is 0 Å². The van der Waals surface area contributed by atoms with Crippen molar-refractivity contribution in [3.63, 3.8) is 0 Å². The van der Waals surface area contributed by atoms with E-state index in [2.05, 4.69) is 10.0 Å². The molecule has 0 fully saturated rings. The minimum Gasteiger partial charge on any atom is -0.481 e. The van der Waals surface area contributed by atoms with Crippen molar-refractivity contribution < 1.29 is 23.1 Å². The Balaban J connectivity index is 2.23. The standard InChI is InChI=1S/C14H22N2O5S2/c1-11(16-23(20,21)13-8-6-10-22-13)14(19)15-9-5-3-2-4-7-12(17)18/h6,8,10-11,16H,2-5,7,9H2,1H3,(H,15,19)(H,17,18). The lowest BCUT2D eigenvalue weighted by Crippen LogP contribution is -2.44. The van der Waals surface area contributed by atoms with Gasteiger partial charge in [-0.15, -0.1) is 11.3 Å². The van der Waals surface area contributed by atoms with Crippen LogP contribution in [-0.2, 0) is 19.6 Å². The molecule has 1 amide bonds. The van der Waals surface area contributed by atoms with E-state index in [1.54, 1.807) is 11.4 Å². The summed E-state index contributed by atoms with van der Waals surface area (Å²) in [5.41, 5.74) is 0. The van der Waals surface area contributed by atoms with E-state index in [9.17, 15) is 18.0 Å². The molecule has 1 aromatic heterocycles. The highest BCUT2D eigenvalue weighted by molar-refractivity contribution is 7.91. The zero-order chi connectivity index (χ0) is 17.3. The fourth-order valence-corrected chi connectivity index (χ4v) is 4.09. The number of rotatable bonds is 11. The van der Waals surface area contributed by atoms with E-state index in [1.807, 2.05) is 0 Å². The van der Waals surface area contributed by atoms with Crippen molar-refractivity contribution in [2.45, 2.75) is 49.3 Å². The molecule has 23 heavy (non-hydrogen) atoms. The van der Waals surface area contributed by atoms with Gasteiger partial charge in [-0.25, -0.2) is 8.42 Å². The normalized spacial score (nSPS) is 12.7. The highest BCUT2D eigenvalue weighted by Crippen LogP contribution is 2.15. The Morgan fingerprint density at radius 3 is 2.57 bits per heavy atom. The Bertz CT molecular complexity index is 599. The lowest BCUT2D eigenvalue weighted by molar-refractivity contribution is -0.137. The van der Waals surface area contributed by atoms with Crippen LogP contribution in [0, 0.1) is 0 Å². The Morgan fingerprint density at radius 2 is 1.96 bits per heavy atom. The number of thiophene rings is 1. The molecule has 7 nitrogen and oxygen atoms in total. The fraction of sp³-hybridized carbons (Fsp3) is 0.571. The number of aliphatic carboxylic acids is 1. The molecule has 0 saturated carbocycles. The fourth-order valence-electron chi connectivity index (χ4n) is 1.88. The monoisotopic (exact) mass is 362 g/mol. The number of hydrogen-bond donors (Lipinski definition) is 3. The van der Waals surface area contributed by atoms with E-state index < -0.39 is 22.0 Å².